The molecule has 3 heterocycles. The summed E-state index contributed by atoms with van der Waals surface area (Å²) in [7, 11) is 0. The van der Waals surface area contributed by atoms with E-state index >= 15 is 0 Å². The molecule has 1 aromatic rings. The van der Waals surface area contributed by atoms with Gasteiger partial charge in [-0.15, -0.1) is 0 Å². The van der Waals surface area contributed by atoms with Crippen LogP contribution in [0.2, 0.25) is 0 Å². The summed E-state index contributed by atoms with van der Waals surface area (Å²) in [4.78, 5) is 31.3. The summed E-state index contributed by atoms with van der Waals surface area (Å²) >= 11 is 1.56. The van der Waals surface area contributed by atoms with E-state index in [2.05, 4.69) is 29.0 Å². The maximum Gasteiger partial charge on any atom is 0.267 e. The molecule has 0 aliphatic carbocycles. The summed E-state index contributed by atoms with van der Waals surface area (Å²) in [6.45, 7) is 6.99. The third kappa shape index (κ3) is 3.05. The smallest absolute Gasteiger partial charge is 0.267 e. The Morgan fingerprint density at radius 2 is 2.09 bits per heavy atom. The molecule has 0 aromatic carbocycles. The molecule has 2 aliphatic heterocycles. The molecule has 120 valence electrons. The molecule has 0 atom stereocenters. The molecule has 0 saturated carbocycles. The first-order valence-electron chi connectivity index (χ1n) is 7.84. The van der Waals surface area contributed by atoms with Crippen LogP contribution in [0.25, 0.3) is 0 Å². The number of thioether (sulfide) groups is 1. The number of nitrogens with zero attached hydrogens (tertiary/aromatic N) is 3. The van der Waals surface area contributed by atoms with Gasteiger partial charge in [-0.05, 0) is 26.7 Å². The van der Waals surface area contributed by atoms with E-state index < -0.39 is 0 Å². The van der Waals surface area contributed by atoms with Gasteiger partial charge in [-0.25, -0.2) is 4.98 Å². The quantitative estimate of drug-likeness (QED) is 0.839. The van der Waals surface area contributed by atoms with Crippen molar-refractivity contribution in [3.63, 3.8) is 0 Å². The van der Waals surface area contributed by atoms with Gasteiger partial charge in [0.2, 0.25) is 0 Å². The summed E-state index contributed by atoms with van der Waals surface area (Å²) in [5.74, 6) is 0.564. The maximum atomic E-state index is 12.4. The van der Waals surface area contributed by atoms with E-state index in [1.165, 1.54) is 6.20 Å². The van der Waals surface area contributed by atoms with Crippen LogP contribution in [0, 0.1) is 0 Å². The Hall–Kier alpha value is -1.34. The highest BCUT2D eigenvalue weighted by Crippen LogP contribution is 2.20. The van der Waals surface area contributed by atoms with Crippen molar-refractivity contribution in [2.75, 3.05) is 18.8 Å². The van der Waals surface area contributed by atoms with Gasteiger partial charge in [0.1, 0.15) is 5.56 Å². The molecule has 1 fully saturated rings. The molecule has 7 heteroatoms. The van der Waals surface area contributed by atoms with E-state index in [4.69, 9.17) is 0 Å². The van der Waals surface area contributed by atoms with Crippen LogP contribution in [-0.2, 0) is 6.54 Å². The average molecular weight is 322 g/mol. The van der Waals surface area contributed by atoms with Crippen molar-refractivity contribution in [2.24, 2.45) is 0 Å². The van der Waals surface area contributed by atoms with E-state index in [-0.39, 0.29) is 23.1 Å². The van der Waals surface area contributed by atoms with Gasteiger partial charge >= 0.3 is 0 Å². The highest BCUT2D eigenvalue weighted by Gasteiger charge is 2.25. The van der Waals surface area contributed by atoms with Gasteiger partial charge in [0.25, 0.3) is 11.5 Å². The van der Waals surface area contributed by atoms with Crippen molar-refractivity contribution in [1.82, 2.24) is 19.8 Å². The van der Waals surface area contributed by atoms with Crippen molar-refractivity contribution < 1.29 is 4.79 Å². The molecule has 1 aromatic heterocycles. The molecule has 3 rings (SSSR count). The number of hydrogen-bond acceptors (Lipinski definition) is 5. The summed E-state index contributed by atoms with van der Waals surface area (Å²) in [5, 5.41) is 3.72. The zero-order chi connectivity index (χ0) is 15.7. The van der Waals surface area contributed by atoms with E-state index in [0.29, 0.717) is 17.7 Å². The Kier molecular flexibility index (Phi) is 4.54. The van der Waals surface area contributed by atoms with Gasteiger partial charge in [0.15, 0.2) is 5.16 Å². The first-order valence-corrected chi connectivity index (χ1v) is 8.82. The molecule has 1 amide bonds. The molecule has 22 heavy (non-hydrogen) atoms. The van der Waals surface area contributed by atoms with E-state index in [9.17, 15) is 9.59 Å². The van der Waals surface area contributed by atoms with Crippen LogP contribution in [0.3, 0.4) is 0 Å². The second-order valence-corrected chi connectivity index (χ2v) is 7.20. The maximum absolute atomic E-state index is 12.4. The molecule has 2 aliphatic rings. The summed E-state index contributed by atoms with van der Waals surface area (Å²) < 4.78 is 1.60. The number of fused-ring (bicyclic) bond motifs is 1. The first kappa shape index (κ1) is 15.6. The normalized spacial score (nSPS) is 19.4. The molecule has 6 nitrogen and oxygen atoms in total. The van der Waals surface area contributed by atoms with E-state index in [1.807, 2.05) is 0 Å². The van der Waals surface area contributed by atoms with Crippen molar-refractivity contribution in [2.45, 2.75) is 50.5 Å². The van der Waals surface area contributed by atoms with Crippen molar-refractivity contribution in [3.05, 3.63) is 22.1 Å². The van der Waals surface area contributed by atoms with Gasteiger partial charge < -0.3 is 10.2 Å². The Balaban J connectivity index is 1.65. The van der Waals surface area contributed by atoms with Crippen molar-refractivity contribution in [1.29, 1.82) is 0 Å². The zero-order valence-corrected chi connectivity index (χ0v) is 13.9. The third-order valence-corrected chi connectivity index (χ3v) is 5.37. The molecular weight excluding hydrogens is 300 g/mol. The van der Waals surface area contributed by atoms with Crippen molar-refractivity contribution in [3.8, 4) is 0 Å². The predicted molar refractivity (Wildman–Crippen MR) is 86.4 cm³/mol. The minimum Gasteiger partial charge on any atom is -0.349 e. The Labute approximate surface area is 134 Å². The topological polar surface area (TPSA) is 67.2 Å². The fourth-order valence-electron chi connectivity index (χ4n) is 3.00. The molecule has 1 saturated heterocycles. The van der Waals surface area contributed by atoms with Crippen LogP contribution in [-0.4, -0.2) is 51.3 Å². The van der Waals surface area contributed by atoms with Gasteiger partial charge in [-0.3, -0.25) is 14.2 Å². The number of rotatable bonds is 3. The molecule has 0 bridgehead atoms. The highest BCUT2D eigenvalue weighted by molar-refractivity contribution is 7.99. The highest BCUT2D eigenvalue weighted by atomic mass is 32.2. The lowest BCUT2D eigenvalue weighted by Gasteiger charge is -2.34. The van der Waals surface area contributed by atoms with Crippen LogP contribution < -0.4 is 10.9 Å². The van der Waals surface area contributed by atoms with E-state index in [1.54, 1.807) is 16.3 Å². The number of hydrogen-bond donors (Lipinski definition) is 1. The van der Waals surface area contributed by atoms with Gasteiger partial charge in [0, 0.05) is 43.7 Å². The second kappa shape index (κ2) is 6.42. The standard InChI is InChI=1S/C15H22N4O2S/c1-10(2)18-5-3-11(4-6-18)17-13(20)12-9-16-15-19(14(12)21)7-8-22-15/h9-11H,3-8H2,1-2H3,(H,17,20). The van der Waals surface area contributed by atoms with Crippen LogP contribution in [0.15, 0.2) is 16.1 Å². The molecule has 0 unspecified atom stereocenters. The fourth-order valence-corrected chi connectivity index (χ4v) is 3.91. The van der Waals surface area contributed by atoms with Crippen LogP contribution in [0.4, 0.5) is 0 Å². The van der Waals surface area contributed by atoms with Crippen LogP contribution >= 0.6 is 11.8 Å². The van der Waals surface area contributed by atoms with Crippen molar-refractivity contribution >= 4 is 17.7 Å². The van der Waals surface area contributed by atoms with Gasteiger partial charge in [0.05, 0.1) is 0 Å². The number of nitrogens with one attached hydrogen (secondary N) is 1. The molecular formula is C15H22N4O2S. The summed E-state index contributed by atoms with van der Waals surface area (Å²) in [6, 6.07) is 0.689. The van der Waals surface area contributed by atoms with Crippen LogP contribution in [0.5, 0.6) is 0 Å². The predicted octanol–water partition coefficient (Wildman–Crippen LogP) is 0.952. The minimum atomic E-state index is -0.285. The lowest BCUT2D eigenvalue weighted by molar-refractivity contribution is 0.0897. The second-order valence-electron chi connectivity index (χ2n) is 6.14. The lowest BCUT2D eigenvalue weighted by Crippen LogP contribution is -2.47. The number of aromatic nitrogens is 2. The Morgan fingerprint density at radius 3 is 2.77 bits per heavy atom. The first-order chi connectivity index (χ1) is 10.6. The fraction of sp³-hybridized carbons (Fsp3) is 0.667. The monoisotopic (exact) mass is 322 g/mol. The average Bonchev–Trinajstić information content (AvgIpc) is 2.97. The molecule has 0 spiro atoms. The van der Waals surface area contributed by atoms with E-state index in [0.717, 1.165) is 31.7 Å². The number of amides is 1. The Morgan fingerprint density at radius 1 is 1.36 bits per heavy atom. The van der Waals surface area contributed by atoms with Gasteiger partial charge in [-0.2, -0.15) is 0 Å². The van der Waals surface area contributed by atoms with Gasteiger partial charge in [-0.1, -0.05) is 11.8 Å². The van der Waals surface area contributed by atoms with Crippen LogP contribution in [0.1, 0.15) is 37.0 Å². The summed E-state index contributed by atoms with van der Waals surface area (Å²) in [5.41, 5.74) is -0.0512. The number of piperidine rings is 1. The number of carbonyl (C=O) groups is 1. The SMILES string of the molecule is CC(C)N1CCC(NC(=O)c2cnc3n(c2=O)CCS3)CC1. The third-order valence-electron chi connectivity index (χ3n) is 4.40. The zero-order valence-electron chi connectivity index (χ0n) is 13.0. The summed E-state index contributed by atoms with van der Waals surface area (Å²) in [6.07, 6.45) is 3.28. The lowest BCUT2D eigenvalue weighted by atomic mass is 10.0. The Bertz CT molecular complexity index is 620. The number of likely N-dealkylation sites (tertiary alicyclic amines) is 1. The minimum absolute atomic E-state index is 0.148. The largest absolute Gasteiger partial charge is 0.349 e. The molecule has 1 N–H and O–H groups in total. The molecule has 0 radical (unpaired) electrons. The number of carbonyl (C=O) groups excluding carboxylic acids is 1.